The molecule has 1 aliphatic rings. The monoisotopic (exact) mass is 150 g/mol. The Morgan fingerprint density at radius 3 is 2.64 bits per heavy atom. The molecular formula is C10H14O. The van der Waals surface area contributed by atoms with Crippen molar-refractivity contribution >= 4 is 0 Å². The lowest BCUT2D eigenvalue weighted by atomic mass is 10.0. The average Bonchev–Trinajstić information content (AvgIpc) is 2.07. The second-order valence-corrected chi connectivity index (χ2v) is 2.58. The minimum atomic E-state index is 1.03. The molecule has 0 aromatic heterocycles. The highest BCUT2D eigenvalue weighted by Crippen LogP contribution is 2.18. The van der Waals surface area contributed by atoms with Crippen LogP contribution in [0, 0.1) is 0 Å². The maximum Gasteiger partial charge on any atom is 0.0958 e. The zero-order valence-corrected chi connectivity index (χ0v) is 7.13. The highest BCUT2D eigenvalue weighted by molar-refractivity contribution is 5.28. The van der Waals surface area contributed by atoms with Gasteiger partial charge in [-0.1, -0.05) is 18.2 Å². The minimum Gasteiger partial charge on any atom is -0.501 e. The predicted molar refractivity (Wildman–Crippen MR) is 47.2 cm³/mol. The van der Waals surface area contributed by atoms with Gasteiger partial charge < -0.3 is 4.74 Å². The van der Waals surface area contributed by atoms with E-state index in [2.05, 4.69) is 18.2 Å². The molecule has 0 atom stereocenters. The third kappa shape index (κ3) is 2.26. The number of allylic oxidation sites excluding steroid dienone is 6. The average molecular weight is 150 g/mol. The molecule has 1 heteroatoms. The summed E-state index contributed by atoms with van der Waals surface area (Å²) in [4.78, 5) is 0. The summed E-state index contributed by atoms with van der Waals surface area (Å²) in [5.41, 5.74) is 1.38. The Morgan fingerprint density at radius 1 is 1.36 bits per heavy atom. The van der Waals surface area contributed by atoms with Crippen molar-refractivity contribution in [3.05, 3.63) is 35.6 Å². The van der Waals surface area contributed by atoms with E-state index in [-0.39, 0.29) is 0 Å². The Balaban J connectivity index is 2.61. The molecule has 0 N–H and O–H groups in total. The fourth-order valence-electron chi connectivity index (χ4n) is 1.16. The van der Waals surface area contributed by atoms with Crippen molar-refractivity contribution in [3.8, 4) is 0 Å². The molecular weight excluding hydrogens is 136 g/mol. The standard InChI is InChI=1S/C10H14O/c1-3-4-9-5-7-10(11-2)8-6-9/h3-5,7H,6,8H2,1-2H3/b4-3+. The highest BCUT2D eigenvalue weighted by atomic mass is 16.5. The number of rotatable bonds is 2. The van der Waals surface area contributed by atoms with E-state index in [4.69, 9.17) is 4.74 Å². The lowest BCUT2D eigenvalue weighted by Crippen LogP contribution is -1.93. The van der Waals surface area contributed by atoms with E-state index in [1.165, 1.54) is 5.57 Å². The molecule has 0 unspecified atom stereocenters. The largest absolute Gasteiger partial charge is 0.501 e. The van der Waals surface area contributed by atoms with Crippen molar-refractivity contribution in [1.82, 2.24) is 0 Å². The Hall–Kier alpha value is -0.980. The van der Waals surface area contributed by atoms with Crippen LogP contribution in [0.2, 0.25) is 0 Å². The van der Waals surface area contributed by atoms with E-state index in [9.17, 15) is 0 Å². The molecule has 0 fully saturated rings. The molecule has 1 aliphatic carbocycles. The second-order valence-electron chi connectivity index (χ2n) is 2.58. The van der Waals surface area contributed by atoms with Crippen LogP contribution in [-0.2, 0) is 4.74 Å². The molecule has 1 rings (SSSR count). The van der Waals surface area contributed by atoms with E-state index in [0.29, 0.717) is 0 Å². The molecule has 0 spiro atoms. The maximum atomic E-state index is 5.11. The second kappa shape index (κ2) is 4.02. The molecule has 0 aliphatic heterocycles. The van der Waals surface area contributed by atoms with Gasteiger partial charge in [0.15, 0.2) is 0 Å². The summed E-state index contributed by atoms with van der Waals surface area (Å²) in [5.74, 6) is 1.08. The number of methoxy groups -OCH3 is 1. The van der Waals surface area contributed by atoms with Crippen molar-refractivity contribution in [2.75, 3.05) is 7.11 Å². The van der Waals surface area contributed by atoms with Gasteiger partial charge in [0.25, 0.3) is 0 Å². The summed E-state index contributed by atoms with van der Waals surface area (Å²) in [7, 11) is 1.72. The van der Waals surface area contributed by atoms with Gasteiger partial charge in [0.2, 0.25) is 0 Å². The van der Waals surface area contributed by atoms with Gasteiger partial charge in [-0.05, 0) is 25.0 Å². The van der Waals surface area contributed by atoms with Crippen LogP contribution in [0.25, 0.3) is 0 Å². The van der Waals surface area contributed by atoms with Crippen molar-refractivity contribution in [1.29, 1.82) is 0 Å². The van der Waals surface area contributed by atoms with E-state index in [1.807, 2.05) is 13.0 Å². The molecule has 0 aromatic rings. The lowest BCUT2D eigenvalue weighted by molar-refractivity contribution is 0.276. The van der Waals surface area contributed by atoms with Crippen molar-refractivity contribution in [2.24, 2.45) is 0 Å². The van der Waals surface area contributed by atoms with Crippen LogP contribution in [0.4, 0.5) is 0 Å². The first-order chi connectivity index (χ1) is 5.36. The summed E-state index contributed by atoms with van der Waals surface area (Å²) < 4.78 is 5.11. The van der Waals surface area contributed by atoms with Crippen LogP contribution >= 0.6 is 0 Å². The van der Waals surface area contributed by atoms with E-state index in [0.717, 1.165) is 18.6 Å². The SMILES string of the molecule is C/C=C/C1=CC=C(OC)CC1. The van der Waals surface area contributed by atoms with Gasteiger partial charge in [-0.2, -0.15) is 0 Å². The molecule has 0 saturated heterocycles. The van der Waals surface area contributed by atoms with Crippen molar-refractivity contribution in [2.45, 2.75) is 19.8 Å². The summed E-state index contributed by atoms with van der Waals surface area (Å²) >= 11 is 0. The maximum absolute atomic E-state index is 5.11. The molecule has 11 heavy (non-hydrogen) atoms. The smallest absolute Gasteiger partial charge is 0.0958 e. The summed E-state index contributed by atoms with van der Waals surface area (Å²) in [6.45, 7) is 2.04. The Labute approximate surface area is 68.1 Å². The number of hydrogen-bond acceptors (Lipinski definition) is 1. The minimum absolute atomic E-state index is 1.03. The first-order valence-corrected chi connectivity index (χ1v) is 3.93. The molecule has 0 radical (unpaired) electrons. The van der Waals surface area contributed by atoms with Crippen LogP contribution in [0.1, 0.15) is 19.8 Å². The third-order valence-corrected chi connectivity index (χ3v) is 1.79. The van der Waals surface area contributed by atoms with Gasteiger partial charge >= 0.3 is 0 Å². The molecule has 0 saturated carbocycles. The van der Waals surface area contributed by atoms with Crippen LogP contribution in [-0.4, -0.2) is 7.11 Å². The van der Waals surface area contributed by atoms with Crippen LogP contribution in [0.3, 0.4) is 0 Å². The Kier molecular flexibility index (Phi) is 2.96. The fraction of sp³-hybridized carbons (Fsp3) is 0.400. The van der Waals surface area contributed by atoms with Crippen LogP contribution in [0.5, 0.6) is 0 Å². The van der Waals surface area contributed by atoms with Crippen LogP contribution < -0.4 is 0 Å². The predicted octanol–water partition coefficient (Wildman–Crippen LogP) is 2.81. The van der Waals surface area contributed by atoms with E-state index < -0.39 is 0 Å². The Bertz CT molecular complexity index is 209. The third-order valence-electron chi connectivity index (χ3n) is 1.79. The zero-order valence-electron chi connectivity index (χ0n) is 7.13. The van der Waals surface area contributed by atoms with Gasteiger partial charge in [-0.3, -0.25) is 0 Å². The molecule has 0 amide bonds. The molecule has 0 aromatic carbocycles. The summed E-state index contributed by atoms with van der Waals surface area (Å²) in [6, 6.07) is 0. The van der Waals surface area contributed by atoms with Gasteiger partial charge in [0, 0.05) is 6.42 Å². The van der Waals surface area contributed by atoms with Gasteiger partial charge in [-0.15, -0.1) is 0 Å². The normalized spacial score (nSPS) is 18.0. The van der Waals surface area contributed by atoms with Gasteiger partial charge in [0.1, 0.15) is 0 Å². The topological polar surface area (TPSA) is 9.23 Å². The highest BCUT2D eigenvalue weighted by Gasteiger charge is 2.02. The molecule has 60 valence electrons. The van der Waals surface area contributed by atoms with Crippen LogP contribution in [0.15, 0.2) is 35.6 Å². The number of hydrogen-bond donors (Lipinski definition) is 0. The fourth-order valence-corrected chi connectivity index (χ4v) is 1.16. The lowest BCUT2D eigenvalue weighted by Gasteiger charge is -2.10. The first kappa shape index (κ1) is 8.12. The summed E-state index contributed by atoms with van der Waals surface area (Å²) in [6.07, 6.45) is 10.5. The molecule has 1 nitrogen and oxygen atoms in total. The van der Waals surface area contributed by atoms with Gasteiger partial charge in [-0.25, -0.2) is 0 Å². The molecule has 0 heterocycles. The quantitative estimate of drug-likeness (QED) is 0.588. The van der Waals surface area contributed by atoms with E-state index in [1.54, 1.807) is 7.11 Å². The summed E-state index contributed by atoms with van der Waals surface area (Å²) in [5, 5.41) is 0. The zero-order chi connectivity index (χ0) is 8.10. The Morgan fingerprint density at radius 2 is 2.18 bits per heavy atom. The first-order valence-electron chi connectivity index (χ1n) is 3.93. The number of ether oxygens (including phenoxy) is 1. The molecule has 0 bridgehead atoms. The van der Waals surface area contributed by atoms with Crippen molar-refractivity contribution in [3.63, 3.8) is 0 Å². The van der Waals surface area contributed by atoms with Crippen molar-refractivity contribution < 1.29 is 4.74 Å². The van der Waals surface area contributed by atoms with Gasteiger partial charge in [0.05, 0.1) is 12.9 Å². The van der Waals surface area contributed by atoms with E-state index >= 15 is 0 Å².